The number of ether oxygens (including phenoxy) is 1. The highest BCUT2D eigenvalue weighted by Crippen LogP contribution is 2.14. The van der Waals surface area contributed by atoms with Crippen LogP contribution in [0.1, 0.15) is 33.3 Å². The first-order chi connectivity index (χ1) is 12.0. The summed E-state index contributed by atoms with van der Waals surface area (Å²) >= 11 is 0. The van der Waals surface area contributed by atoms with Crippen molar-refractivity contribution >= 4 is 5.91 Å². The Labute approximate surface area is 146 Å². The van der Waals surface area contributed by atoms with Crippen molar-refractivity contribution in [3.63, 3.8) is 0 Å². The van der Waals surface area contributed by atoms with Crippen LogP contribution < -0.4 is 10.1 Å². The molecule has 3 aromatic rings. The molecule has 130 valence electrons. The summed E-state index contributed by atoms with van der Waals surface area (Å²) < 4.78 is 12.7. The Hall–Kier alpha value is -3.02. The molecule has 1 N–H and O–H groups in total. The second-order valence-corrected chi connectivity index (χ2v) is 5.88. The molecule has 0 bridgehead atoms. The van der Waals surface area contributed by atoms with E-state index in [-0.39, 0.29) is 5.91 Å². The Morgan fingerprint density at radius 1 is 1.24 bits per heavy atom. The van der Waals surface area contributed by atoms with Crippen LogP contribution >= 0.6 is 0 Å². The normalized spacial score (nSPS) is 10.7. The molecular formula is C19H21N3O3. The summed E-state index contributed by atoms with van der Waals surface area (Å²) in [4.78, 5) is 12.3. The number of aryl methyl sites for hydroxylation is 2. The van der Waals surface area contributed by atoms with Gasteiger partial charge in [-0.25, -0.2) is 0 Å². The van der Waals surface area contributed by atoms with Crippen LogP contribution in [0.3, 0.4) is 0 Å². The molecule has 0 fully saturated rings. The molecule has 0 unspecified atom stereocenters. The summed E-state index contributed by atoms with van der Waals surface area (Å²) in [5, 5.41) is 7.24. The van der Waals surface area contributed by atoms with Gasteiger partial charge >= 0.3 is 0 Å². The molecule has 0 aliphatic carbocycles. The van der Waals surface area contributed by atoms with Crippen LogP contribution in [0.15, 0.2) is 46.9 Å². The molecule has 0 aliphatic rings. The van der Waals surface area contributed by atoms with Gasteiger partial charge < -0.3 is 14.5 Å². The molecule has 25 heavy (non-hydrogen) atoms. The molecule has 0 radical (unpaired) electrons. The van der Waals surface area contributed by atoms with Gasteiger partial charge in [-0.1, -0.05) is 12.1 Å². The van der Waals surface area contributed by atoms with Crippen molar-refractivity contribution in [2.45, 2.75) is 26.9 Å². The van der Waals surface area contributed by atoms with E-state index in [9.17, 15) is 4.79 Å². The average Bonchev–Trinajstić information content (AvgIpc) is 3.19. The smallest absolute Gasteiger partial charge is 0.287 e. The number of carbonyl (C=O) groups excluding carboxylic acids is 1. The van der Waals surface area contributed by atoms with Crippen molar-refractivity contribution < 1.29 is 13.9 Å². The molecule has 1 amide bonds. The lowest BCUT2D eigenvalue weighted by molar-refractivity contribution is 0.0921. The first-order valence-corrected chi connectivity index (χ1v) is 8.06. The Morgan fingerprint density at radius 3 is 2.80 bits per heavy atom. The van der Waals surface area contributed by atoms with Crippen molar-refractivity contribution in [2.75, 3.05) is 7.11 Å². The number of carbonyl (C=O) groups is 1. The maximum absolute atomic E-state index is 12.3. The molecule has 0 spiro atoms. The van der Waals surface area contributed by atoms with Gasteiger partial charge in [0.2, 0.25) is 0 Å². The minimum atomic E-state index is -0.248. The minimum Gasteiger partial charge on any atom is -0.497 e. The number of benzene rings is 1. The third-order valence-electron chi connectivity index (χ3n) is 3.88. The number of methoxy groups -OCH3 is 1. The molecule has 0 saturated heterocycles. The fraction of sp³-hybridized carbons (Fsp3) is 0.263. The van der Waals surface area contributed by atoms with Crippen molar-refractivity contribution in [1.29, 1.82) is 0 Å². The zero-order chi connectivity index (χ0) is 17.8. The van der Waals surface area contributed by atoms with Crippen molar-refractivity contribution in [3.8, 4) is 5.75 Å². The van der Waals surface area contributed by atoms with Crippen LogP contribution in [0, 0.1) is 13.8 Å². The van der Waals surface area contributed by atoms with Crippen LogP contribution in [-0.2, 0) is 13.1 Å². The van der Waals surface area contributed by atoms with E-state index in [2.05, 4.69) is 10.4 Å². The van der Waals surface area contributed by atoms with Gasteiger partial charge in [-0.2, -0.15) is 5.10 Å². The maximum atomic E-state index is 12.3. The Balaban J connectivity index is 1.61. The third kappa shape index (κ3) is 4.09. The van der Waals surface area contributed by atoms with Crippen LogP contribution in [0.5, 0.6) is 5.75 Å². The first-order valence-electron chi connectivity index (χ1n) is 8.06. The van der Waals surface area contributed by atoms with E-state index in [0.717, 1.165) is 22.7 Å². The van der Waals surface area contributed by atoms with Gasteiger partial charge in [0, 0.05) is 12.2 Å². The fourth-order valence-corrected chi connectivity index (χ4v) is 2.62. The van der Waals surface area contributed by atoms with Gasteiger partial charge in [-0.3, -0.25) is 9.48 Å². The summed E-state index contributed by atoms with van der Waals surface area (Å²) in [7, 11) is 1.62. The molecule has 3 rings (SSSR count). The number of amides is 1. The van der Waals surface area contributed by atoms with Gasteiger partial charge in [-0.15, -0.1) is 0 Å². The van der Waals surface area contributed by atoms with Crippen LogP contribution in [0.25, 0.3) is 0 Å². The number of furan rings is 1. The summed E-state index contributed by atoms with van der Waals surface area (Å²) in [6, 6.07) is 13.1. The van der Waals surface area contributed by atoms with Crippen molar-refractivity contribution in [2.24, 2.45) is 0 Å². The number of aromatic nitrogens is 2. The molecule has 0 atom stereocenters. The molecule has 0 aliphatic heterocycles. The lowest BCUT2D eigenvalue weighted by Gasteiger charge is -2.06. The van der Waals surface area contributed by atoms with Crippen LogP contribution in [-0.4, -0.2) is 22.8 Å². The van der Waals surface area contributed by atoms with Gasteiger partial charge in [0.1, 0.15) is 11.5 Å². The molecular weight excluding hydrogens is 318 g/mol. The lowest BCUT2D eigenvalue weighted by atomic mass is 10.2. The lowest BCUT2D eigenvalue weighted by Crippen LogP contribution is -2.22. The molecule has 6 nitrogen and oxygen atoms in total. The molecule has 6 heteroatoms. The highest BCUT2D eigenvalue weighted by molar-refractivity contribution is 5.91. The SMILES string of the molecule is COc1cccc(CNC(=O)c2ccc(Cn3nc(C)cc3C)o2)c1. The number of rotatable bonds is 6. The first kappa shape index (κ1) is 16.8. The van der Waals surface area contributed by atoms with E-state index in [1.807, 2.05) is 48.9 Å². The zero-order valence-electron chi connectivity index (χ0n) is 14.6. The largest absolute Gasteiger partial charge is 0.497 e. The topological polar surface area (TPSA) is 69.3 Å². The maximum Gasteiger partial charge on any atom is 0.287 e. The molecule has 0 saturated carbocycles. The summed E-state index contributed by atoms with van der Waals surface area (Å²) in [5.74, 6) is 1.50. The average molecular weight is 339 g/mol. The van der Waals surface area contributed by atoms with Gasteiger partial charge in [0.15, 0.2) is 5.76 Å². The summed E-state index contributed by atoms with van der Waals surface area (Å²) in [5.41, 5.74) is 2.97. The second-order valence-electron chi connectivity index (χ2n) is 5.88. The monoisotopic (exact) mass is 339 g/mol. The van der Waals surface area contributed by atoms with Crippen molar-refractivity contribution in [3.05, 3.63) is 70.9 Å². The predicted molar refractivity (Wildman–Crippen MR) is 93.7 cm³/mol. The number of hydrogen-bond acceptors (Lipinski definition) is 4. The third-order valence-corrected chi connectivity index (χ3v) is 3.88. The quantitative estimate of drug-likeness (QED) is 0.749. The highest BCUT2D eigenvalue weighted by Gasteiger charge is 2.12. The van der Waals surface area contributed by atoms with Crippen LogP contribution in [0.4, 0.5) is 0 Å². The minimum absolute atomic E-state index is 0.248. The second kappa shape index (κ2) is 7.25. The van der Waals surface area contributed by atoms with Gasteiger partial charge in [0.25, 0.3) is 5.91 Å². The highest BCUT2D eigenvalue weighted by atomic mass is 16.5. The van der Waals surface area contributed by atoms with E-state index in [1.54, 1.807) is 19.2 Å². The summed E-state index contributed by atoms with van der Waals surface area (Å²) in [6.07, 6.45) is 0. The fourth-order valence-electron chi connectivity index (χ4n) is 2.62. The van der Waals surface area contributed by atoms with Gasteiger partial charge in [-0.05, 0) is 49.7 Å². The van der Waals surface area contributed by atoms with E-state index in [1.165, 1.54) is 0 Å². The van der Waals surface area contributed by atoms with E-state index in [4.69, 9.17) is 9.15 Å². The molecule has 2 heterocycles. The standard InChI is InChI=1S/C19H21N3O3/c1-13-9-14(2)22(21-13)12-17-7-8-18(25-17)19(23)20-11-15-5-4-6-16(10-15)24-3/h4-10H,11-12H2,1-3H3,(H,20,23). The predicted octanol–water partition coefficient (Wildman–Crippen LogP) is 3.08. The number of nitrogens with zero attached hydrogens (tertiary/aromatic N) is 2. The zero-order valence-corrected chi connectivity index (χ0v) is 14.6. The van der Waals surface area contributed by atoms with Gasteiger partial charge in [0.05, 0.1) is 19.3 Å². The van der Waals surface area contributed by atoms with Crippen LogP contribution in [0.2, 0.25) is 0 Å². The van der Waals surface area contributed by atoms with E-state index in [0.29, 0.717) is 24.6 Å². The number of hydrogen-bond donors (Lipinski definition) is 1. The molecule has 1 aromatic carbocycles. The Bertz CT molecular complexity index is 880. The Kier molecular flexibility index (Phi) is 4.88. The Morgan fingerprint density at radius 2 is 2.08 bits per heavy atom. The molecule has 2 aromatic heterocycles. The van der Waals surface area contributed by atoms with E-state index >= 15 is 0 Å². The number of nitrogens with one attached hydrogen (secondary N) is 1. The van der Waals surface area contributed by atoms with E-state index < -0.39 is 0 Å². The van der Waals surface area contributed by atoms with Crippen molar-refractivity contribution in [1.82, 2.24) is 15.1 Å². The summed E-state index contributed by atoms with van der Waals surface area (Å²) in [6.45, 7) is 4.85.